The summed E-state index contributed by atoms with van der Waals surface area (Å²) in [5.41, 5.74) is -0.414. The van der Waals surface area contributed by atoms with Gasteiger partial charge in [0.1, 0.15) is 9.61 Å². The normalized spacial score (nSPS) is 25.2. The molecule has 0 aromatic rings. The van der Waals surface area contributed by atoms with Crippen LogP contribution in [-0.4, -0.2) is 55.8 Å². The molecule has 2 rings (SSSR count). The zero-order valence-corrected chi connectivity index (χ0v) is 18.8. The summed E-state index contributed by atoms with van der Waals surface area (Å²) in [6, 6.07) is 0. The fourth-order valence-corrected chi connectivity index (χ4v) is 7.53. The minimum atomic E-state index is -3.71. The molecule has 7 nitrogen and oxygen atoms in total. The van der Waals surface area contributed by atoms with Crippen molar-refractivity contribution >= 4 is 41.8 Å². The third-order valence-electron chi connectivity index (χ3n) is 5.40. The summed E-state index contributed by atoms with van der Waals surface area (Å²) in [5.74, 6) is -2.53. The molecule has 1 N–H and O–H groups in total. The van der Waals surface area contributed by atoms with E-state index in [2.05, 4.69) is 33.9 Å². The van der Waals surface area contributed by atoms with Crippen molar-refractivity contribution in [3.8, 4) is 0 Å². The van der Waals surface area contributed by atoms with Gasteiger partial charge in [0.25, 0.3) is 0 Å². The van der Waals surface area contributed by atoms with Crippen LogP contribution in [0.5, 0.6) is 0 Å². The molecule has 1 amide bonds. The highest BCUT2D eigenvalue weighted by molar-refractivity contribution is 8.19. The number of amides is 1. The number of carboxylic acid groups (broad SMARTS) is 1. The standard InChI is InChI=1S/C16H27NO6S2Si/c1-8-25(21,22)15-11(14(19)20)17-12(18)10(13(17)24-15)9(2)23-26(6,7)16(3,4)5/h9-10,13H,8H2,1-7H3,(H,19,20)/t9?,10-,13+/m0/s1. The molecular weight excluding hydrogens is 394 g/mol. The van der Waals surface area contributed by atoms with Crippen molar-refractivity contribution in [2.45, 2.75) is 64.2 Å². The van der Waals surface area contributed by atoms with E-state index in [0.717, 1.165) is 16.7 Å². The lowest BCUT2D eigenvalue weighted by molar-refractivity contribution is -0.156. The Balaban J connectivity index is 2.29. The van der Waals surface area contributed by atoms with E-state index in [1.807, 2.05) is 6.92 Å². The minimum Gasteiger partial charge on any atom is -0.477 e. The number of hydrogen-bond acceptors (Lipinski definition) is 6. The van der Waals surface area contributed by atoms with Gasteiger partial charge in [0, 0.05) is 0 Å². The molecule has 2 heterocycles. The van der Waals surface area contributed by atoms with Crippen molar-refractivity contribution in [2.75, 3.05) is 5.75 Å². The molecule has 0 aliphatic carbocycles. The Kier molecular flexibility index (Phi) is 5.48. The van der Waals surface area contributed by atoms with Crippen molar-refractivity contribution in [3.63, 3.8) is 0 Å². The van der Waals surface area contributed by atoms with Crippen molar-refractivity contribution in [2.24, 2.45) is 5.92 Å². The number of thioether (sulfide) groups is 1. The second-order valence-electron chi connectivity index (χ2n) is 8.17. The van der Waals surface area contributed by atoms with Crippen molar-refractivity contribution in [3.05, 3.63) is 9.93 Å². The van der Waals surface area contributed by atoms with Crippen LogP contribution in [0.15, 0.2) is 9.93 Å². The Bertz CT molecular complexity index is 768. The van der Waals surface area contributed by atoms with Crippen LogP contribution < -0.4 is 0 Å². The second kappa shape index (κ2) is 6.64. The molecule has 10 heteroatoms. The van der Waals surface area contributed by atoms with E-state index < -0.39 is 47.2 Å². The molecule has 0 bridgehead atoms. The number of carbonyl (C=O) groups excluding carboxylic acids is 1. The first kappa shape index (κ1) is 21.5. The third kappa shape index (κ3) is 3.36. The van der Waals surface area contributed by atoms with Gasteiger partial charge in [-0.3, -0.25) is 9.69 Å². The average Bonchev–Trinajstić information content (AvgIpc) is 2.81. The molecule has 1 fully saturated rings. The lowest BCUT2D eigenvalue weighted by Gasteiger charge is -2.48. The molecule has 0 aromatic carbocycles. The summed E-state index contributed by atoms with van der Waals surface area (Å²) in [4.78, 5) is 25.3. The van der Waals surface area contributed by atoms with Gasteiger partial charge in [-0.05, 0) is 25.1 Å². The highest BCUT2D eigenvalue weighted by Gasteiger charge is 2.60. The number of aliphatic carboxylic acids is 1. The van der Waals surface area contributed by atoms with Gasteiger partial charge in [-0.1, -0.05) is 39.5 Å². The second-order valence-corrected chi connectivity index (χ2v) is 16.5. The molecule has 26 heavy (non-hydrogen) atoms. The summed E-state index contributed by atoms with van der Waals surface area (Å²) in [6.07, 6.45) is -0.407. The lowest BCUT2D eigenvalue weighted by Crippen LogP contribution is -2.62. The molecule has 0 spiro atoms. The molecular formula is C16H27NO6S2Si. The molecule has 2 aliphatic rings. The number of carbonyl (C=O) groups is 2. The first-order valence-corrected chi connectivity index (χ1v) is 14.0. The lowest BCUT2D eigenvalue weighted by atomic mass is 9.92. The Hall–Kier alpha value is -0.843. The Morgan fingerprint density at radius 1 is 1.38 bits per heavy atom. The van der Waals surface area contributed by atoms with E-state index in [4.69, 9.17) is 4.43 Å². The van der Waals surface area contributed by atoms with Gasteiger partial charge in [0.05, 0.1) is 17.8 Å². The molecule has 3 atom stereocenters. The quantitative estimate of drug-likeness (QED) is 0.519. The molecule has 0 aromatic heterocycles. The number of carboxylic acids is 1. The van der Waals surface area contributed by atoms with Crippen LogP contribution >= 0.6 is 11.8 Å². The molecule has 0 radical (unpaired) electrons. The van der Waals surface area contributed by atoms with Crippen LogP contribution in [0.25, 0.3) is 0 Å². The van der Waals surface area contributed by atoms with E-state index in [-0.39, 0.29) is 20.9 Å². The van der Waals surface area contributed by atoms with Crippen LogP contribution in [0.2, 0.25) is 18.1 Å². The summed E-state index contributed by atoms with van der Waals surface area (Å²) in [5, 5.41) is 8.88. The maximum atomic E-state index is 12.7. The Morgan fingerprint density at radius 2 is 1.92 bits per heavy atom. The smallest absolute Gasteiger partial charge is 0.354 e. The maximum absolute atomic E-state index is 12.7. The van der Waals surface area contributed by atoms with Crippen molar-refractivity contribution < 1.29 is 27.5 Å². The first-order chi connectivity index (χ1) is 11.7. The predicted molar refractivity (Wildman–Crippen MR) is 104 cm³/mol. The number of sulfone groups is 1. The van der Waals surface area contributed by atoms with Gasteiger partial charge in [0.2, 0.25) is 5.91 Å². The summed E-state index contributed by atoms with van der Waals surface area (Å²) >= 11 is 0.953. The number of nitrogens with zero attached hydrogens (tertiary/aromatic N) is 1. The number of rotatable bonds is 6. The van der Waals surface area contributed by atoms with Gasteiger partial charge < -0.3 is 9.53 Å². The molecule has 148 valence electrons. The Morgan fingerprint density at radius 3 is 2.35 bits per heavy atom. The first-order valence-electron chi connectivity index (χ1n) is 8.53. The SMILES string of the molecule is CCS(=O)(=O)C1=C(C(=O)O)N2C(=O)[C@H](C(C)O[Si](C)(C)C(C)(C)C)[C@H]2S1. The van der Waals surface area contributed by atoms with Crippen molar-refractivity contribution in [1.82, 2.24) is 4.90 Å². The minimum absolute atomic E-state index is 0.0300. The maximum Gasteiger partial charge on any atom is 0.354 e. The summed E-state index contributed by atoms with van der Waals surface area (Å²) in [6.45, 7) is 13.7. The van der Waals surface area contributed by atoms with Crippen LogP contribution in [0, 0.1) is 5.92 Å². The zero-order chi connectivity index (χ0) is 20.2. The van der Waals surface area contributed by atoms with E-state index in [9.17, 15) is 23.1 Å². The highest BCUT2D eigenvalue weighted by atomic mass is 32.3. The largest absolute Gasteiger partial charge is 0.477 e. The summed E-state index contributed by atoms with van der Waals surface area (Å²) in [7, 11) is -5.83. The number of β-lactam (4-membered cyclic amide) rings is 1. The molecule has 1 unspecified atom stereocenters. The zero-order valence-electron chi connectivity index (χ0n) is 16.2. The summed E-state index contributed by atoms with van der Waals surface area (Å²) < 4.78 is 30.6. The van der Waals surface area contributed by atoms with Gasteiger partial charge >= 0.3 is 5.97 Å². The third-order valence-corrected chi connectivity index (χ3v) is 13.7. The predicted octanol–water partition coefficient (Wildman–Crippen LogP) is 2.62. The number of hydrogen-bond donors (Lipinski definition) is 1. The van der Waals surface area contributed by atoms with E-state index >= 15 is 0 Å². The fraction of sp³-hybridized carbons (Fsp3) is 0.750. The highest BCUT2D eigenvalue weighted by Crippen LogP contribution is 2.53. The average molecular weight is 422 g/mol. The van der Waals surface area contributed by atoms with Gasteiger partial charge in [-0.15, -0.1) is 0 Å². The van der Waals surface area contributed by atoms with Gasteiger partial charge in [-0.2, -0.15) is 0 Å². The van der Waals surface area contributed by atoms with Gasteiger partial charge in [0.15, 0.2) is 23.9 Å². The van der Waals surface area contributed by atoms with Crippen LogP contribution in [0.1, 0.15) is 34.6 Å². The van der Waals surface area contributed by atoms with E-state index in [1.54, 1.807) is 0 Å². The van der Waals surface area contributed by atoms with Gasteiger partial charge in [-0.25, -0.2) is 13.2 Å². The van der Waals surface area contributed by atoms with Crippen LogP contribution in [0.4, 0.5) is 0 Å². The molecule has 0 saturated carbocycles. The molecule has 2 aliphatic heterocycles. The van der Waals surface area contributed by atoms with E-state index in [0.29, 0.717) is 0 Å². The monoisotopic (exact) mass is 421 g/mol. The molecule has 1 saturated heterocycles. The van der Waals surface area contributed by atoms with Crippen LogP contribution in [0.3, 0.4) is 0 Å². The fourth-order valence-electron chi connectivity index (χ4n) is 2.80. The van der Waals surface area contributed by atoms with Crippen molar-refractivity contribution in [1.29, 1.82) is 0 Å². The Labute approximate surface area is 160 Å². The van der Waals surface area contributed by atoms with E-state index in [1.165, 1.54) is 6.92 Å². The number of fused-ring (bicyclic) bond motifs is 1. The topological polar surface area (TPSA) is 101 Å². The van der Waals surface area contributed by atoms with Crippen LogP contribution in [-0.2, 0) is 23.9 Å².